The number of anilines is 2. The fourth-order valence-electron chi connectivity index (χ4n) is 2.92. The summed E-state index contributed by atoms with van der Waals surface area (Å²) in [6.45, 7) is 1.94. The SMILES string of the molecule is Cc1cc(-c2cccc3nc(Sc4ccc(NS(C)(=O)=O)cc4)nc(N)c23)n[nH]1. The minimum Gasteiger partial charge on any atom is -0.383 e. The maximum absolute atomic E-state index is 11.3. The van der Waals surface area contributed by atoms with Crippen LogP contribution >= 0.6 is 11.8 Å². The maximum atomic E-state index is 11.3. The van der Waals surface area contributed by atoms with Crippen molar-refractivity contribution in [1.29, 1.82) is 0 Å². The third-order valence-electron chi connectivity index (χ3n) is 4.08. The molecule has 0 amide bonds. The number of aromatic nitrogens is 4. The Hall–Kier alpha value is -3.11. The van der Waals surface area contributed by atoms with Crippen molar-refractivity contribution < 1.29 is 8.42 Å². The van der Waals surface area contributed by atoms with E-state index in [1.165, 1.54) is 11.8 Å². The molecular formula is C19H18N6O2S2. The van der Waals surface area contributed by atoms with E-state index in [1.807, 2.05) is 31.2 Å². The van der Waals surface area contributed by atoms with E-state index in [1.54, 1.807) is 24.3 Å². The van der Waals surface area contributed by atoms with Crippen LogP contribution in [0.1, 0.15) is 5.69 Å². The van der Waals surface area contributed by atoms with E-state index in [9.17, 15) is 8.42 Å². The van der Waals surface area contributed by atoms with Crippen molar-refractivity contribution in [3.63, 3.8) is 0 Å². The van der Waals surface area contributed by atoms with Crippen LogP contribution in [0.25, 0.3) is 22.2 Å². The first-order valence-electron chi connectivity index (χ1n) is 8.63. The van der Waals surface area contributed by atoms with Crippen LogP contribution in [0.2, 0.25) is 0 Å². The Morgan fingerprint density at radius 3 is 2.52 bits per heavy atom. The van der Waals surface area contributed by atoms with Crippen LogP contribution in [0, 0.1) is 6.92 Å². The molecular weight excluding hydrogens is 408 g/mol. The molecule has 2 heterocycles. The van der Waals surface area contributed by atoms with Gasteiger partial charge in [-0.1, -0.05) is 12.1 Å². The Morgan fingerprint density at radius 1 is 1.10 bits per heavy atom. The Labute approximate surface area is 172 Å². The van der Waals surface area contributed by atoms with Crippen LogP contribution in [-0.4, -0.2) is 34.8 Å². The van der Waals surface area contributed by atoms with Crippen LogP contribution in [0.15, 0.2) is 58.6 Å². The number of nitrogens with two attached hydrogens (primary N) is 1. The topological polar surface area (TPSA) is 127 Å². The van der Waals surface area contributed by atoms with Gasteiger partial charge >= 0.3 is 0 Å². The van der Waals surface area contributed by atoms with Gasteiger partial charge in [0.15, 0.2) is 5.16 Å². The van der Waals surface area contributed by atoms with E-state index >= 15 is 0 Å². The molecule has 2 aromatic heterocycles. The molecule has 0 spiro atoms. The number of aryl methyl sites for hydroxylation is 1. The molecule has 0 bridgehead atoms. The fraction of sp³-hybridized carbons (Fsp3) is 0.105. The van der Waals surface area contributed by atoms with Crippen LogP contribution in [0.5, 0.6) is 0 Å². The number of rotatable bonds is 5. The number of benzene rings is 2. The normalized spacial score (nSPS) is 11.7. The largest absolute Gasteiger partial charge is 0.383 e. The molecule has 29 heavy (non-hydrogen) atoms. The molecule has 4 rings (SSSR count). The van der Waals surface area contributed by atoms with Crippen LogP contribution in [-0.2, 0) is 10.0 Å². The minimum atomic E-state index is -3.31. The molecule has 0 fully saturated rings. The molecule has 0 saturated heterocycles. The number of nitrogens with zero attached hydrogens (tertiary/aromatic N) is 3. The predicted octanol–water partition coefficient (Wildman–Crippen LogP) is 3.43. The number of aromatic amines is 1. The number of sulfonamides is 1. The smallest absolute Gasteiger partial charge is 0.229 e. The fourth-order valence-corrected chi connectivity index (χ4v) is 4.25. The number of nitrogens with one attached hydrogen (secondary N) is 2. The summed E-state index contributed by atoms with van der Waals surface area (Å²) in [5.74, 6) is 0.379. The predicted molar refractivity (Wildman–Crippen MR) is 115 cm³/mol. The molecule has 4 N–H and O–H groups in total. The molecule has 2 aromatic carbocycles. The van der Waals surface area contributed by atoms with Gasteiger partial charge in [0.05, 0.1) is 22.9 Å². The lowest BCUT2D eigenvalue weighted by Gasteiger charge is -2.09. The van der Waals surface area contributed by atoms with Crippen molar-refractivity contribution in [1.82, 2.24) is 20.2 Å². The number of hydrogen-bond acceptors (Lipinski definition) is 7. The third kappa shape index (κ3) is 4.33. The minimum absolute atomic E-state index is 0.379. The van der Waals surface area contributed by atoms with Gasteiger partial charge in [-0.25, -0.2) is 18.4 Å². The highest BCUT2D eigenvalue weighted by atomic mass is 32.2. The molecule has 4 aromatic rings. The number of nitrogen functional groups attached to an aromatic ring is 1. The summed E-state index contributed by atoms with van der Waals surface area (Å²) in [6, 6.07) is 14.7. The van der Waals surface area contributed by atoms with Crippen molar-refractivity contribution in [3.8, 4) is 11.3 Å². The van der Waals surface area contributed by atoms with Gasteiger partial charge in [0, 0.05) is 21.8 Å². The highest BCUT2D eigenvalue weighted by molar-refractivity contribution is 7.99. The average molecular weight is 427 g/mol. The summed E-state index contributed by atoms with van der Waals surface area (Å²) < 4.78 is 25.1. The summed E-state index contributed by atoms with van der Waals surface area (Å²) in [5, 5.41) is 8.52. The second-order valence-electron chi connectivity index (χ2n) is 6.53. The second-order valence-corrected chi connectivity index (χ2v) is 9.32. The van der Waals surface area contributed by atoms with Gasteiger partial charge in [-0.2, -0.15) is 5.10 Å². The number of hydrogen-bond donors (Lipinski definition) is 3. The zero-order valence-electron chi connectivity index (χ0n) is 15.7. The Bertz CT molecular complexity index is 1300. The first-order chi connectivity index (χ1) is 13.8. The average Bonchev–Trinajstić information content (AvgIpc) is 3.08. The first kappa shape index (κ1) is 19.2. The molecule has 8 nitrogen and oxygen atoms in total. The molecule has 0 atom stereocenters. The zero-order chi connectivity index (χ0) is 20.6. The summed E-state index contributed by atoms with van der Waals surface area (Å²) in [4.78, 5) is 9.94. The lowest BCUT2D eigenvalue weighted by molar-refractivity contribution is 0.607. The maximum Gasteiger partial charge on any atom is 0.229 e. The van der Waals surface area contributed by atoms with E-state index in [2.05, 4.69) is 24.9 Å². The Balaban J connectivity index is 1.66. The summed E-state index contributed by atoms with van der Waals surface area (Å²) in [7, 11) is -3.31. The summed E-state index contributed by atoms with van der Waals surface area (Å²) in [5.41, 5.74) is 10.1. The van der Waals surface area contributed by atoms with E-state index in [0.29, 0.717) is 16.7 Å². The van der Waals surface area contributed by atoms with Crippen molar-refractivity contribution in [2.45, 2.75) is 17.0 Å². The molecule has 0 aliphatic heterocycles. The molecule has 148 valence electrons. The number of H-pyrrole nitrogens is 1. The van der Waals surface area contributed by atoms with Crippen molar-refractivity contribution in [2.75, 3.05) is 16.7 Å². The lowest BCUT2D eigenvalue weighted by Crippen LogP contribution is -2.09. The molecule has 0 unspecified atom stereocenters. The Morgan fingerprint density at radius 2 is 1.86 bits per heavy atom. The van der Waals surface area contributed by atoms with E-state index in [4.69, 9.17) is 5.73 Å². The van der Waals surface area contributed by atoms with E-state index < -0.39 is 10.0 Å². The molecule has 0 aliphatic rings. The van der Waals surface area contributed by atoms with Gasteiger partial charge in [0.1, 0.15) is 5.82 Å². The quantitative estimate of drug-likeness (QED) is 0.417. The first-order valence-corrected chi connectivity index (χ1v) is 11.3. The van der Waals surface area contributed by atoms with Gasteiger partial charge in [-0.15, -0.1) is 0 Å². The van der Waals surface area contributed by atoms with Crippen LogP contribution < -0.4 is 10.5 Å². The van der Waals surface area contributed by atoms with Gasteiger partial charge in [-0.3, -0.25) is 9.82 Å². The highest BCUT2D eigenvalue weighted by Crippen LogP contribution is 2.33. The lowest BCUT2D eigenvalue weighted by atomic mass is 10.1. The van der Waals surface area contributed by atoms with Gasteiger partial charge in [-0.05, 0) is 55.1 Å². The monoisotopic (exact) mass is 426 g/mol. The van der Waals surface area contributed by atoms with Crippen molar-refractivity contribution >= 4 is 44.2 Å². The molecule has 10 heteroatoms. The van der Waals surface area contributed by atoms with Crippen molar-refractivity contribution in [2.24, 2.45) is 0 Å². The number of fused-ring (bicyclic) bond motifs is 1. The highest BCUT2D eigenvalue weighted by Gasteiger charge is 2.13. The van der Waals surface area contributed by atoms with Crippen LogP contribution in [0.3, 0.4) is 0 Å². The summed E-state index contributed by atoms with van der Waals surface area (Å²) in [6.07, 6.45) is 1.11. The Kier molecular flexibility index (Phi) is 4.89. The molecule has 0 saturated carbocycles. The van der Waals surface area contributed by atoms with Gasteiger partial charge in [0.2, 0.25) is 10.0 Å². The van der Waals surface area contributed by atoms with E-state index in [0.717, 1.165) is 39.0 Å². The zero-order valence-corrected chi connectivity index (χ0v) is 17.3. The molecule has 0 radical (unpaired) electrons. The third-order valence-corrected chi connectivity index (χ3v) is 5.56. The van der Waals surface area contributed by atoms with Gasteiger partial charge in [0.25, 0.3) is 0 Å². The second kappa shape index (κ2) is 7.37. The molecule has 0 aliphatic carbocycles. The standard InChI is InChI=1S/C19H18N6O2S2/c1-11-10-16(24-23-11)14-4-3-5-15-17(14)18(20)22-19(21-15)28-13-8-6-12(7-9-13)25-29(2,26)27/h3-10,25H,1-2H3,(H,23,24)(H2,20,21,22). The summed E-state index contributed by atoms with van der Waals surface area (Å²) >= 11 is 1.35. The van der Waals surface area contributed by atoms with Crippen LogP contribution in [0.4, 0.5) is 11.5 Å². The van der Waals surface area contributed by atoms with Crippen molar-refractivity contribution in [3.05, 3.63) is 54.2 Å². The van der Waals surface area contributed by atoms with Gasteiger partial charge < -0.3 is 5.73 Å². The van der Waals surface area contributed by atoms with E-state index in [-0.39, 0.29) is 0 Å².